The molecule has 1 aromatic rings. The summed E-state index contributed by atoms with van der Waals surface area (Å²) in [6.45, 7) is 5.42. The third-order valence-corrected chi connectivity index (χ3v) is 5.84. The maximum atomic E-state index is 12.7. The van der Waals surface area contributed by atoms with Crippen molar-refractivity contribution in [3.8, 4) is 0 Å². The SMILES string of the molecule is CC1(CNC(=O)C2CCN(c3ccccc3Br)C2=O)CCNCC1.Cl. The van der Waals surface area contributed by atoms with Gasteiger partial charge in [0.15, 0.2) is 0 Å². The Morgan fingerprint density at radius 2 is 2.04 bits per heavy atom. The summed E-state index contributed by atoms with van der Waals surface area (Å²) in [7, 11) is 0. The first-order valence-electron chi connectivity index (χ1n) is 8.54. The Bertz CT molecular complexity index is 635. The van der Waals surface area contributed by atoms with Gasteiger partial charge in [0.2, 0.25) is 11.8 Å². The van der Waals surface area contributed by atoms with Crippen molar-refractivity contribution in [2.24, 2.45) is 11.3 Å². The topological polar surface area (TPSA) is 61.4 Å². The van der Waals surface area contributed by atoms with E-state index in [0.717, 1.165) is 36.1 Å². The molecule has 3 rings (SSSR count). The second-order valence-corrected chi connectivity index (χ2v) is 7.92. The molecule has 1 aromatic carbocycles. The zero-order chi connectivity index (χ0) is 17.2. The standard InChI is InChI=1S/C18H24BrN3O2.ClH/c1-18(7-9-20-10-8-18)12-21-16(23)13-6-11-22(17(13)24)15-5-3-2-4-14(15)19;/h2-5,13,20H,6-12H2,1H3,(H,21,23);1H. The Morgan fingerprint density at radius 1 is 1.36 bits per heavy atom. The molecule has 0 saturated carbocycles. The molecule has 138 valence electrons. The molecule has 2 saturated heterocycles. The Labute approximate surface area is 163 Å². The summed E-state index contributed by atoms with van der Waals surface area (Å²) < 4.78 is 0.877. The lowest BCUT2D eigenvalue weighted by Crippen LogP contribution is -2.45. The molecule has 2 fully saturated rings. The van der Waals surface area contributed by atoms with Gasteiger partial charge in [-0.3, -0.25) is 9.59 Å². The quantitative estimate of drug-likeness (QED) is 0.722. The van der Waals surface area contributed by atoms with Crippen LogP contribution >= 0.6 is 28.3 Å². The largest absolute Gasteiger partial charge is 0.355 e. The summed E-state index contributed by atoms with van der Waals surface area (Å²) in [5.74, 6) is -0.799. The third-order valence-electron chi connectivity index (χ3n) is 5.17. The molecule has 2 heterocycles. The number of rotatable bonds is 4. The van der Waals surface area contributed by atoms with Gasteiger partial charge >= 0.3 is 0 Å². The summed E-state index contributed by atoms with van der Waals surface area (Å²) in [6.07, 6.45) is 2.67. The smallest absolute Gasteiger partial charge is 0.239 e. The number of nitrogens with one attached hydrogen (secondary N) is 2. The molecule has 7 heteroatoms. The van der Waals surface area contributed by atoms with E-state index in [4.69, 9.17) is 0 Å². The van der Waals surface area contributed by atoms with Crippen molar-refractivity contribution in [3.63, 3.8) is 0 Å². The van der Waals surface area contributed by atoms with Gasteiger partial charge in [0.25, 0.3) is 0 Å². The third kappa shape index (κ3) is 4.54. The number of carbonyl (C=O) groups is 2. The first-order chi connectivity index (χ1) is 11.5. The van der Waals surface area contributed by atoms with E-state index < -0.39 is 5.92 Å². The van der Waals surface area contributed by atoms with Crippen LogP contribution in [0.25, 0.3) is 0 Å². The zero-order valence-corrected chi connectivity index (χ0v) is 16.8. The van der Waals surface area contributed by atoms with Gasteiger partial charge in [0, 0.05) is 17.6 Å². The van der Waals surface area contributed by atoms with Gasteiger partial charge in [-0.2, -0.15) is 0 Å². The van der Waals surface area contributed by atoms with Crippen LogP contribution in [0.4, 0.5) is 5.69 Å². The fourth-order valence-electron chi connectivity index (χ4n) is 3.46. The molecule has 5 nitrogen and oxygen atoms in total. The predicted octanol–water partition coefficient (Wildman–Crippen LogP) is 2.73. The first kappa shape index (κ1) is 20.2. The van der Waals surface area contributed by atoms with E-state index in [1.54, 1.807) is 4.90 Å². The summed E-state index contributed by atoms with van der Waals surface area (Å²) >= 11 is 3.48. The number of piperidine rings is 1. The maximum Gasteiger partial charge on any atom is 0.239 e. The molecule has 0 bridgehead atoms. The van der Waals surface area contributed by atoms with Crippen molar-refractivity contribution in [2.75, 3.05) is 31.1 Å². The Balaban J connectivity index is 0.00000225. The highest BCUT2D eigenvalue weighted by molar-refractivity contribution is 9.10. The van der Waals surface area contributed by atoms with Gasteiger partial charge in [0.05, 0.1) is 5.69 Å². The molecular weight excluding hydrogens is 406 g/mol. The number of nitrogens with zero attached hydrogens (tertiary/aromatic N) is 1. The van der Waals surface area contributed by atoms with Crippen LogP contribution in [0.1, 0.15) is 26.2 Å². The number of halogens is 2. The van der Waals surface area contributed by atoms with E-state index in [-0.39, 0.29) is 29.6 Å². The summed E-state index contributed by atoms with van der Waals surface area (Å²) in [4.78, 5) is 26.9. The van der Waals surface area contributed by atoms with E-state index in [1.165, 1.54) is 0 Å². The van der Waals surface area contributed by atoms with E-state index in [9.17, 15) is 9.59 Å². The lowest BCUT2D eigenvalue weighted by atomic mass is 9.81. The van der Waals surface area contributed by atoms with E-state index in [2.05, 4.69) is 33.5 Å². The Morgan fingerprint density at radius 3 is 2.72 bits per heavy atom. The van der Waals surface area contributed by atoms with Gasteiger partial charge < -0.3 is 15.5 Å². The first-order valence-corrected chi connectivity index (χ1v) is 9.34. The zero-order valence-electron chi connectivity index (χ0n) is 14.4. The lowest BCUT2D eigenvalue weighted by molar-refractivity contribution is -0.132. The van der Waals surface area contributed by atoms with Crippen molar-refractivity contribution in [3.05, 3.63) is 28.7 Å². The number of hydrogen-bond donors (Lipinski definition) is 2. The highest BCUT2D eigenvalue weighted by atomic mass is 79.9. The average Bonchev–Trinajstić information content (AvgIpc) is 2.95. The lowest BCUT2D eigenvalue weighted by Gasteiger charge is -2.34. The van der Waals surface area contributed by atoms with E-state index in [0.29, 0.717) is 19.5 Å². The van der Waals surface area contributed by atoms with Gasteiger partial charge in [-0.15, -0.1) is 12.4 Å². The van der Waals surface area contributed by atoms with Crippen LogP contribution in [0.2, 0.25) is 0 Å². The molecule has 2 N–H and O–H groups in total. The summed E-state index contributed by atoms with van der Waals surface area (Å²) in [5.41, 5.74) is 0.966. The predicted molar refractivity (Wildman–Crippen MR) is 105 cm³/mol. The fourth-order valence-corrected chi connectivity index (χ4v) is 3.96. The summed E-state index contributed by atoms with van der Waals surface area (Å²) in [5, 5.41) is 6.37. The van der Waals surface area contributed by atoms with E-state index in [1.807, 2.05) is 24.3 Å². The second kappa shape index (κ2) is 8.52. The second-order valence-electron chi connectivity index (χ2n) is 7.06. The molecule has 0 aliphatic carbocycles. The normalized spacial score (nSPS) is 22.4. The van der Waals surface area contributed by atoms with Gasteiger partial charge in [0.1, 0.15) is 5.92 Å². The molecular formula is C18H25BrClN3O2. The number of anilines is 1. The van der Waals surface area contributed by atoms with Crippen molar-refractivity contribution < 1.29 is 9.59 Å². The van der Waals surface area contributed by atoms with Gasteiger partial charge in [-0.1, -0.05) is 19.1 Å². The van der Waals surface area contributed by atoms with Gasteiger partial charge in [-0.05, 0) is 65.8 Å². The van der Waals surface area contributed by atoms with E-state index >= 15 is 0 Å². The molecule has 2 amide bonds. The minimum Gasteiger partial charge on any atom is -0.355 e. The molecule has 0 aromatic heterocycles. The van der Waals surface area contributed by atoms with Crippen LogP contribution in [-0.2, 0) is 9.59 Å². The molecule has 0 spiro atoms. The summed E-state index contributed by atoms with van der Waals surface area (Å²) in [6, 6.07) is 7.63. The van der Waals surface area contributed by atoms with Crippen LogP contribution in [0.15, 0.2) is 28.7 Å². The average molecular weight is 431 g/mol. The highest BCUT2D eigenvalue weighted by Crippen LogP contribution is 2.32. The van der Waals surface area contributed by atoms with Crippen LogP contribution in [0, 0.1) is 11.3 Å². The maximum absolute atomic E-state index is 12.7. The number of hydrogen-bond acceptors (Lipinski definition) is 3. The van der Waals surface area contributed by atoms with Crippen molar-refractivity contribution in [1.29, 1.82) is 0 Å². The van der Waals surface area contributed by atoms with Crippen LogP contribution < -0.4 is 15.5 Å². The fraction of sp³-hybridized carbons (Fsp3) is 0.556. The minimum absolute atomic E-state index is 0. The number of carbonyl (C=O) groups excluding carboxylic acids is 2. The number of benzene rings is 1. The van der Waals surface area contributed by atoms with Crippen molar-refractivity contribution in [2.45, 2.75) is 26.2 Å². The minimum atomic E-state index is -0.567. The Kier molecular flexibility index (Phi) is 6.88. The molecule has 2 aliphatic rings. The van der Waals surface area contributed by atoms with Crippen LogP contribution in [-0.4, -0.2) is 38.0 Å². The Hall–Kier alpha value is -1.11. The van der Waals surface area contributed by atoms with Crippen LogP contribution in [0.3, 0.4) is 0 Å². The monoisotopic (exact) mass is 429 g/mol. The molecule has 0 radical (unpaired) electrons. The van der Waals surface area contributed by atoms with Crippen molar-refractivity contribution in [1.82, 2.24) is 10.6 Å². The molecule has 1 unspecified atom stereocenters. The number of amides is 2. The molecule has 1 atom stereocenters. The molecule has 25 heavy (non-hydrogen) atoms. The number of para-hydroxylation sites is 1. The van der Waals surface area contributed by atoms with Gasteiger partial charge in [-0.25, -0.2) is 0 Å². The molecule has 2 aliphatic heterocycles. The van der Waals surface area contributed by atoms with Crippen LogP contribution in [0.5, 0.6) is 0 Å². The highest BCUT2D eigenvalue weighted by Gasteiger charge is 2.39. The van der Waals surface area contributed by atoms with Crippen molar-refractivity contribution >= 4 is 45.8 Å².